The number of benzene rings is 1. The molecule has 1 aromatic rings. The first-order valence-electron chi connectivity index (χ1n) is 9.52. The van der Waals surface area contributed by atoms with E-state index in [-0.39, 0.29) is 12.0 Å². The van der Waals surface area contributed by atoms with Crippen LogP contribution < -0.4 is 4.74 Å². The third-order valence-electron chi connectivity index (χ3n) is 6.00. The number of hydrogen-bond acceptors (Lipinski definition) is 4. The molecule has 1 amide bonds. The van der Waals surface area contributed by atoms with Gasteiger partial charge in [-0.1, -0.05) is 6.42 Å². The van der Waals surface area contributed by atoms with E-state index in [9.17, 15) is 4.79 Å². The number of fused-ring (bicyclic) bond motifs is 1. The minimum absolute atomic E-state index is 0.109. The van der Waals surface area contributed by atoms with E-state index in [1.54, 1.807) is 7.11 Å². The smallest absolute Gasteiger partial charge is 0.253 e. The average Bonchev–Trinajstić information content (AvgIpc) is 3.24. The highest BCUT2D eigenvalue weighted by molar-refractivity contribution is 5.94. The Balaban J connectivity index is 1.37. The van der Waals surface area contributed by atoms with Gasteiger partial charge in [-0.3, -0.25) is 4.79 Å². The number of amides is 1. The third kappa shape index (κ3) is 3.53. The maximum absolute atomic E-state index is 12.8. The maximum Gasteiger partial charge on any atom is 0.253 e. The summed E-state index contributed by atoms with van der Waals surface area (Å²) in [5.74, 6) is 1.94. The van der Waals surface area contributed by atoms with Crippen LogP contribution in [0.2, 0.25) is 0 Å². The average molecular weight is 344 g/mol. The van der Waals surface area contributed by atoms with E-state index < -0.39 is 0 Å². The Kier molecular flexibility index (Phi) is 4.95. The van der Waals surface area contributed by atoms with Gasteiger partial charge in [-0.15, -0.1) is 0 Å². The largest absolute Gasteiger partial charge is 0.497 e. The van der Waals surface area contributed by atoms with Crippen LogP contribution in [0.4, 0.5) is 0 Å². The van der Waals surface area contributed by atoms with Crippen molar-refractivity contribution >= 4 is 5.91 Å². The zero-order valence-corrected chi connectivity index (χ0v) is 15.0. The topological polar surface area (TPSA) is 42.0 Å². The summed E-state index contributed by atoms with van der Waals surface area (Å²) < 4.78 is 11.2. The zero-order chi connectivity index (χ0) is 17.2. The second-order valence-electron chi connectivity index (χ2n) is 7.60. The van der Waals surface area contributed by atoms with Crippen molar-refractivity contribution in [1.29, 1.82) is 0 Å². The third-order valence-corrected chi connectivity index (χ3v) is 6.00. The molecule has 0 unspecified atom stereocenters. The van der Waals surface area contributed by atoms with E-state index in [2.05, 4.69) is 4.90 Å². The van der Waals surface area contributed by atoms with Crippen LogP contribution >= 0.6 is 0 Å². The van der Waals surface area contributed by atoms with Crippen LogP contribution in [0, 0.1) is 11.8 Å². The van der Waals surface area contributed by atoms with Gasteiger partial charge in [0, 0.05) is 37.0 Å². The number of ether oxygens (including phenoxy) is 2. The molecule has 25 heavy (non-hydrogen) atoms. The highest BCUT2D eigenvalue weighted by Crippen LogP contribution is 2.35. The summed E-state index contributed by atoms with van der Waals surface area (Å²) in [5, 5.41) is 0. The second-order valence-corrected chi connectivity index (χ2v) is 7.60. The van der Waals surface area contributed by atoms with Gasteiger partial charge in [0.15, 0.2) is 0 Å². The Morgan fingerprint density at radius 3 is 2.64 bits per heavy atom. The highest BCUT2D eigenvalue weighted by Gasteiger charge is 2.45. The van der Waals surface area contributed by atoms with Gasteiger partial charge in [-0.25, -0.2) is 0 Å². The quantitative estimate of drug-likeness (QED) is 0.840. The van der Waals surface area contributed by atoms with E-state index in [1.807, 2.05) is 29.2 Å². The zero-order valence-electron chi connectivity index (χ0n) is 15.0. The fourth-order valence-corrected chi connectivity index (χ4v) is 4.54. The fourth-order valence-electron chi connectivity index (χ4n) is 4.54. The van der Waals surface area contributed by atoms with Crippen LogP contribution in [0.25, 0.3) is 0 Å². The Bertz CT molecular complexity index is 597. The first-order chi connectivity index (χ1) is 12.2. The van der Waals surface area contributed by atoms with Crippen LogP contribution in [0.1, 0.15) is 29.6 Å². The van der Waals surface area contributed by atoms with Crippen molar-refractivity contribution in [2.75, 3.05) is 46.4 Å². The van der Waals surface area contributed by atoms with Gasteiger partial charge < -0.3 is 19.3 Å². The second kappa shape index (κ2) is 7.34. The molecule has 0 saturated carbocycles. The summed E-state index contributed by atoms with van der Waals surface area (Å²) in [6.45, 7) is 5.99. The Morgan fingerprint density at radius 1 is 1.16 bits per heavy atom. The van der Waals surface area contributed by atoms with Gasteiger partial charge in [0.25, 0.3) is 5.91 Å². The molecule has 3 aliphatic heterocycles. The van der Waals surface area contributed by atoms with Gasteiger partial charge in [0.2, 0.25) is 0 Å². The maximum atomic E-state index is 12.8. The lowest BCUT2D eigenvalue weighted by molar-refractivity contribution is 0.0661. The molecular formula is C20H28N2O3. The van der Waals surface area contributed by atoms with E-state index in [4.69, 9.17) is 9.47 Å². The van der Waals surface area contributed by atoms with Crippen molar-refractivity contribution in [2.45, 2.75) is 25.4 Å². The lowest BCUT2D eigenvalue weighted by Gasteiger charge is -2.30. The molecule has 3 fully saturated rings. The van der Waals surface area contributed by atoms with Crippen molar-refractivity contribution in [2.24, 2.45) is 11.8 Å². The molecule has 1 aromatic carbocycles. The van der Waals surface area contributed by atoms with Crippen molar-refractivity contribution < 1.29 is 14.3 Å². The number of piperidine rings is 1. The van der Waals surface area contributed by atoms with Crippen LogP contribution in [0.5, 0.6) is 5.75 Å². The number of likely N-dealkylation sites (tertiary alicyclic amines) is 2. The van der Waals surface area contributed by atoms with Gasteiger partial charge in [0.1, 0.15) is 5.75 Å². The first kappa shape index (κ1) is 16.9. The molecular weight excluding hydrogens is 316 g/mol. The molecule has 5 nitrogen and oxygen atoms in total. The Morgan fingerprint density at radius 2 is 1.92 bits per heavy atom. The normalized spacial score (nSPS) is 29.6. The van der Waals surface area contributed by atoms with Crippen LogP contribution in [0.3, 0.4) is 0 Å². The molecule has 0 aromatic heterocycles. The van der Waals surface area contributed by atoms with Gasteiger partial charge >= 0.3 is 0 Å². The summed E-state index contributed by atoms with van der Waals surface area (Å²) in [4.78, 5) is 17.4. The molecule has 3 atom stereocenters. The van der Waals surface area contributed by atoms with E-state index in [0.717, 1.165) is 37.6 Å². The molecule has 0 spiro atoms. The molecule has 3 aliphatic rings. The predicted molar refractivity (Wildman–Crippen MR) is 95.9 cm³/mol. The summed E-state index contributed by atoms with van der Waals surface area (Å²) >= 11 is 0. The monoisotopic (exact) mass is 344 g/mol. The lowest BCUT2D eigenvalue weighted by atomic mass is 9.92. The molecule has 3 heterocycles. The highest BCUT2D eigenvalue weighted by atomic mass is 16.5. The summed E-state index contributed by atoms with van der Waals surface area (Å²) in [6, 6.07) is 7.39. The number of hydrogen-bond donors (Lipinski definition) is 0. The van der Waals surface area contributed by atoms with Gasteiger partial charge in [0.05, 0.1) is 19.8 Å². The Hall–Kier alpha value is -1.59. The van der Waals surface area contributed by atoms with Gasteiger partial charge in [-0.2, -0.15) is 0 Å². The summed E-state index contributed by atoms with van der Waals surface area (Å²) in [7, 11) is 1.64. The summed E-state index contributed by atoms with van der Waals surface area (Å²) in [5.41, 5.74) is 0.730. The molecule has 0 aliphatic carbocycles. The van der Waals surface area contributed by atoms with Crippen molar-refractivity contribution in [3.8, 4) is 5.75 Å². The van der Waals surface area contributed by atoms with E-state index in [1.165, 1.54) is 32.4 Å². The van der Waals surface area contributed by atoms with Gasteiger partial charge in [-0.05, 0) is 50.2 Å². The van der Waals surface area contributed by atoms with Crippen LogP contribution in [-0.4, -0.2) is 68.3 Å². The van der Waals surface area contributed by atoms with Crippen molar-refractivity contribution in [3.05, 3.63) is 29.8 Å². The molecule has 5 heteroatoms. The van der Waals surface area contributed by atoms with E-state index >= 15 is 0 Å². The van der Waals surface area contributed by atoms with E-state index in [0.29, 0.717) is 11.8 Å². The molecule has 4 rings (SSSR count). The van der Waals surface area contributed by atoms with Crippen molar-refractivity contribution in [1.82, 2.24) is 9.80 Å². The Labute approximate surface area is 149 Å². The number of carbonyl (C=O) groups is 1. The van der Waals surface area contributed by atoms with Crippen LogP contribution in [-0.2, 0) is 4.74 Å². The first-order valence-corrected chi connectivity index (χ1v) is 9.52. The number of nitrogens with zero attached hydrogens (tertiary/aromatic N) is 2. The number of carbonyl (C=O) groups excluding carboxylic acids is 1. The number of rotatable bonds is 4. The molecule has 3 saturated heterocycles. The number of methoxy groups -OCH3 is 1. The summed E-state index contributed by atoms with van der Waals surface area (Å²) in [6.07, 6.45) is 4.23. The van der Waals surface area contributed by atoms with Crippen molar-refractivity contribution in [3.63, 3.8) is 0 Å². The standard InChI is InChI=1S/C20H28N2O3/c1-24-17-7-5-15(6-8-17)20(23)22-12-18-16(14-25-19(18)13-22)11-21-9-3-2-4-10-21/h5-8,16,18-19H,2-4,9-14H2,1H3/t16-,18-,19-/m0/s1. The molecule has 0 N–H and O–H groups in total. The predicted octanol–water partition coefficient (Wildman–Crippen LogP) is 2.27. The minimum atomic E-state index is 0.109. The lowest BCUT2D eigenvalue weighted by Crippen LogP contribution is -2.38. The molecule has 136 valence electrons. The molecule has 0 bridgehead atoms. The minimum Gasteiger partial charge on any atom is -0.497 e. The SMILES string of the molecule is COc1ccc(C(=O)N2C[C@H]3[C@@H](CN4CCCCC4)CO[C@H]3C2)cc1. The fraction of sp³-hybridized carbons (Fsp3) is 0.650. The molecule has 0 radical (unpaired) electrons. The van der Waals surface area contributed by atoms with Crippen LogP contribution in [0.15, 0.2) is 24.3 Å².